The van der Waals surface area contributed by atoms with Crippen molar-refractivity contribution in [3.8, 4) is 5.75 Å². The van der Waals surface area contributed by atoms with E-state index in [1.807, 2.05) is 18.2 Å². The van der Waals surface area contributed by atoms with Gasteiger partial charge in [-0.2, -0.15) is 0 Å². The van der Waals surface area contributed by atoms with Gasteiger partial charge in [-0.15, -0.1) is 12.4 Å². The Balaban J connectivity index is 0.00000220. The Morgan fingerprint density at radius 1 is 1.29 bits per heavy atom. The number of halogens is 1. The van der Waals surface area contributed by atoms with Crippen LogP contribution in [-0.2, 0) is 4.79 Å². The van der Waals surface area contributed by atoms with Crippen LogP contribution in [-0.4, -0.2) is 11.5 Å². The first-order chi connectivity index (χ1) is 9.38. The molecule has 0 saturated heterocycles. The van der Waals surface area contributed by atoms with E-state index in [-0.39, 0.29) is 23.9 Å². The Morgan fingerprint density at radius 3 is 2.57 bits per heavy atom. The highest BCUT2D eigenvalue weighted by Gasteiger charge is 2.35. The average Bonchev–Trinajstić information content (AvgIpc) is 2.37. The highest BCUT2D eigenvalue weighted by Crippen LogP contribution is 2.43. The van der Waals surface area contributed by atoms with Crippen LogP contribution in [0.4, 0.5) is 0 Å². The molecular weight excluding hydrogens is 286 g/mol. The molecule has 1 fully saturated rings. The number of hydrogen-bond donors (Lipinski definition) is 1. The summed E-state index contributed by atoms with van der Waals surface area (Å²) in [6.45, 7) is 5.66. The van der Waals surface area contributed by atoms with Gasteiger partial charge in [-0.25, -0.2) is 0 Å². The first-order valence-corrected chi connectivity index (χ1v) is 7.45. The quantitative estimate of drug-likeness (QED) is 0.677. The molecule has 2 rings (SSSR count). The molecule has 0 aromatic heterocycles. The lowest BCUT2D eigenvalue weighted by atomic mass is 9.68. The molecule has 0 aliphatic heterocycles. The van der Waals surface area contributed by atoms with E-state index in [0.29, 0.717) is 17.6 Å². The lowest BCUT2D eigenvalue weighted by Gasteiger charge is -2.40. The normalized spacial score (nSPS) is 22.3. The van der Waals surface area contributed by atoms with Crippen molar-refractivity contribution in [2.75, 3.05) is 0 Å². The third-order valence-electron chi connectivity index (χ3n) is 4.27. The van der Waals surface area contributed by atoms with E-state index in [1.165, 1.54) is 31.7 Å². The van der Waals surface area contributed by atoms with Gasteiger partial charge in [0.15, 0.2) is 0 Å². The highest BCUT2D eigenvalue weighted by molar-refractivity contribution is 5.85. The minimum absolute atomic E-state index is 0. The average molecular weight is 312 g/mol. The number of rotatable bonds is 3. The summed E-state index contributed by atoms with van der Waals surface area (Å²) in [5.74, 6) is 1.29. The molecule has 0 amide bonds. The topological polar surface area (TPSA) is 52.3 Å². The number of carbonyl (C=O) groups excluding carboxylic acids is 1. The molecule has 2 atom stereocenters. The predicted octanol–water partition coefficient (Wildman–Crippen LogP) is 4.04. The Kier molecular flexibility index (Phi) is 6.24. The fourth-order valence-corrected chi connectivity index (χ4v) is 3.40. The van der Waals surface area contributed by atoms with Crippen LogP contribution in [0.25, 0.3) is 0 Å². The zero-order valence-corrected chi connectivity index (χ0v) is 13.9. The molecule has 3 nitrogen and oxygen atoms in total. The fourth-order valence-electron chi connectivity index (χ4n) is 3.40. The molecule has 118 valence electrons. The van der Waals surface area contributed by atoms with E-state index in [0.717, 1.165) is 6.42 Å². The van der Waals surface area contributed by atoms with Gasteiger partial charge >= 0.3 is 5.97 Å². The molecule has 1 aliphatic rings. The number of esters is 1. The van der Waals surface area contributed by atoms with Crippen LogP contribution in [0.3, 0.4) is 0 Å². The van der Waals surface area contributed by atoms with E-state index < -0.39 is 0 Å². The van der Waals surface area contributed by atoms with Crippen molar-refractivity contribution in [1.82, 2.24) is 0 Å². The van der Waals surface area contributed by atoms with Crippen molar-refractivity contribution in [3.05, 3.63) is 29.8 Å². The van der Waals surface area contributed by atoms with E-state index in [4.69, 9.17) is 10.5 Å². The summed E-state index contributed by atoms with van der Waals surface area (Å²) in [6, 6.07) is 7.91. The van der Waals surface area contributed by atoms with Gasteiger partial charge in [0.05, 0.1) is 0 Å². The van der Waals surface area contributed by atoms with Crippen LogP contribution < -0.4 is 10.5 Å². The van der Waals surface area contributed by atoms with Crippen LogP contribution in [0.2, 0.25) is 0 Å². The lowest BCUT2D eigenvalue weighted by Crippen LogP contribution is -2.45. The highest BCUT2D eigenvalue weighted by atomic mass is 35.5. The maximum atomic E-state index is 11.1. The number of ether oxygens (including phenoxy) is 1. The zero-order valence-electron chi connectivity index (χ0n) is 13.1. The third kappa shape index (κ3) is 4.72. The number of benzene rings is 1. The van der Waals surface area contributed by atoms with Gasteiger partial charge in [-0.3, -0.25) is 4.79 Å². The van der Waals surface area contributed by atoms with Crippen molar-refractivity contribution >= 4 is 18.4 Å². The van der Waals surface area contributed by atoms with Crippen molar-refractivity contribution in [2.24, 2.45) is 11.7 Å². The standard InChI is InChI=1S/C17H25NO2.ClH/c1-12(19)20-14-8-6-7-13(11-14)15-9-4-5-10-16(15)17(2,3)18;/h6-8,11,15-16H,4-5,9-10,18H2,1-3H3;1H. The molecule has 1 aromatic rings. The van der Waals surface area contributed by atoms with Gasteiger partial charge in [0.1, 0.15) is 5.75 Å². The van der Waals surface area contributed by atoms with Crippen molar-refractivity contribution in [1.29, 1.82) is 0 Å². The van der Waals surface area contributed by atoms with Gasteiger partial charge in [-0.05, 0) is 56.2 Å². The van der Waals surface area contributed by atoms with E-state index in [2.05, 4.69) is 19.9 Å². The molecule has 21 heavy (non-hydrogen) atoms. The molecule has 0 bridgehead atoms. The van der Waals surface area contributed by atoms with Gasteiger partial charge in [0.25, 0.3) is 0 Å². The van der Waals surface area contributed by atoms with Gasteiger partial charge < -0.3 is 10.5 Å². The smallest absolute Gasteiger partial charge is 0.308 e. The molecule has 0 heterocycles. The lowest BCUT2D eigenvalue weighted by molar-refractivity contribution is -0.131. The maximum absolute atomic E-state index is 11.1. The minimum atomic E-state index is -0.276. The van der Waals surface area contributed by atoms with Crippen molar-refractivity contribution < 1.29 is 9.53 Å². The van der Waals surface area contributed by atoms with E-state index in [1.54, 1.807) is 0 Å². The van der Waals surface area contributed by atoms with Crippen molar-refractivity contribution in [2.45, 2.75) is 57.9 Å². The van der Waals surface area contributed by atoms with Crippen molar-refractivity contribution in [3.63, 3.8) is 0 Å². The number of hydrogen-bond acceptors (Lipinski definition) is 3. The molecule has 1 aromatic carbocycles. The number of nitrogens with two attached hydrogens (primary N) is 1. The van der Waals surface area contributed by atoms with Crippen LogP contribution in [0.15, 0.2) is 24.3 Å². The first-order valence-electron chi connectivity index (χ1n) is 7.45. The summed E-state index contributed by atoms with van der Waals surface area (Å²) in [4.78, 5) is 11.1. The van der Waals surface area contributed by atoms with Crippen LogP contribution in [0.5, 0.6) is 5.75 Å². The van der Waals surface area contributed by atoms with Gasteiger partial charge in [0, 0.05) is 12.5 Å². The minimum Gasteiger partial charge on any atom is -0.427 e. The molecule has 2 N–H and O–H groups in total. The summed E-state index contributed by atoms with van der Waals surface area (Å²) in [6.07, 6.45) is 4.83. The van der Waals surface area contributed by atoms with Crippen LogP contribution in [0.1, 0.15) is 57.9 Å². The Morgan fingerprint density at radius 2 is 1.95 bits per heavy atom. The molecule has 4 heteroatoms. The molecular formula is C17H26ClNO2. The molecule has 1 saturated carbocycles. The summed E-state index contributed by atoms with van der Waals surface area (Å²) in [5.41, 5.74) is 7.44. The fraction of sp³-hybridized carbons (Fsp3) is 0.588. The second-order valence-corrected chi connectivity index (χ2v) is 6.48. The van der Waals surface area contributed by atoms with E-state index in [9.17, 15) is 4.79 Å². The summed E-state index contributed by atoms with van der Waals surface area (Å²) < 4.78 is 5.20. The summed E-state index contributed by atoms with van der Waals surface area (Å²) >= 11 is 0. The van der Waals surface area contributed by atoms with Crippen LogP contribution >= 0.6 is 12.4 Å². The SMILES string of the molecule is CC(=O)Oc1cccc(C2CCCCC2C(C)(C)N)c1.Cl. The predicted molar refractivity (Wildman–Crippen MR) is 88.0 cm³/mol. The molecule has 0 spiro atoms. The molecule has 2 unspecified atom stereocenters. The number of carbonyl (C=O) groups is 1. The second-order valence-electron chi connectivity index (χ2n) is 6.48. The maximum Gasteiger partial charge on any atom is 0.308 e. The monoisotopic (exact) mass is 311 g/mol. The largest absolute Gasteiger partial charge is 0.427 e. The Bertz CT molecular complexity index is 482. The second kappa shape index (κ2) is 7.28. The molecule has 0 radical (unpaired) electrons. The Hall–Kier alpha value is -1.06. The third-order valence-corrected chi connectivity index (χ3v) is 4.27. The molecule has 1 aliphatic carbocycles. The summed E-state index contributed by atoms with van der Waals surface area (Å²) in [7, 11) is 0. The summed E-state index contributed by atoms with van der Waals surface area (Å²) in [5, 5.41) is 0. The zero-order chi connectivity index (χ0) is 14.8. The van der Waals surface area contributed by atoms with Gasteiger partial charge in [-0.1, -0.05) is 25.0 Å². The first kappa shape index (κ1) is 18.0. The Labute approximate surface area is 133 Å². The van der Waals surface area contributed by atoms with Crippen LogP contribution in [0, 0.1) is 5.92 Å². The van der Waals surface area contributed by atoms with E-state index >= 15 is 0 Å². The van der Waals surface area contributed by atoms with Gasteiger partial charge in [0.2, 0.25) is 0 Å².